The molecule has 1 fully saturated rings. The summed E-state index contributed by atoms with van der Waals surface area (Å²) in [5, 5.41) is 0. The number of hydrogen-bond acceptors (Lipinski definition) is 7. The van der Waals surface area contributed by atoms with Gasteiger partial charge in [-0.05, 0) is 42.5 Å². The Hall–Kier alpha value is -3.13. The van der Waals surface area contributed by atoms with Crippen LogP contribution < -0.4 is 0 Å². The second kappa shape index (κ2) is 12.7. The van der Waals surface area contributed by atoms with Crippen molar-refractivity contribution in [1.82, 2.24) is 0 Å². The molecule has 4 rings (SSSR count). The Bertz CT molecular complexity index is 1110. The minimum absolute atomic E-state index is 0.295. The summed E-state index contributed by atoms with van der Waals surface area (Å²) in [4.78, 5) is 26.2. The first kappa shape index (κ1) is 25.9. The van der Waals surface area contributed by atoms with Crippen LogP contribution in [0.25, 0.3) is 0 Å². The molecule has 0 spiro atoms. The van der Waals surface area contributed by atoms with E-state index < -0.39 is 41.8 Å². The zero-order valence-corrected chi connectivity index (χ0v) is 21.1. The molecule has 1 aliphatic rings. The van der Waals surface area contributed by atoms with E-state index in [0.717, 1.165) is 11.3 Å². The van der Waals surface area contributed by atoms with Crippen molar-refractivity contribution in [2.24, 2.45) is 0 Å². The third-order valence-electron chi connectivity index (χ3n) is 5.85. The molecule has 3 aromatic carbocycles. The summed E-state index contributed by atoms with van der Waals surface area (Å²) in [7, 11) is 0. The van der Waals surface area contributed by atoms with Crippen LogP contribution in [-0.2, 0) is 25.6 Å². The summed E-state index contributed by atoms with van der Waals surface area (Å²) in [5.74, 6) is -0.293. The van der Waals surface area contributed by atoms with Crippen LogP contribution in [0.15, 0.2) is 91.0 Å². The molecular formula is C29H30O6S. The fraction of sp³-hybridized carbons (Fsp3) is 0.310. The van der Waals surface area contributed by atoms with Gasteiger partial charge in [-0.15, -0.1) is 11.8 Å². The van der Waals surface area contributed by atoms with E-state index in [9.17, 15) is 9.59 Å². The van der Waals surface area contributed by atoms with Crippen LogP contribution in [0.3, 0.4) is 0 Å². The lowest BCUT2D eigenvalue weighted by atomic mass is 9.99. The van der Waals surface area contributed by atoms with Gasteiger partial charge < -0.3 is 18.9 Å². The second-order valence-electron chi connectivity index (χ2n) is 8.40. The van der Waals surface area contributed by atoms with Gasteiger partial charge in [-0.25, -0.2) is 9.59 Å². The largest absolute Gasteiger partial charge is 0.452 e. The lowest BCUT2D eigenvalue weighted by Crippen LogP contribution is -2.59. The molecule has 0 N–H and O–H groups in total. The van der Waals surface area contributed by atoms with Crippen LogP contribution in [0, 0.1) is 0 Å². The Morgan fingerprint density at radius 3 is 1.78 bits per heavy atom. The van der Waals surface area contributed by atoms with Crippen molar-refractivity contribution in [1.29, 1.82) is 0 Å². The van der Waals surface area contributed by atoms with Crippen LogP contribution in [0.4, 0.5) is 0 Å². The highest BCUT2D eigenvalue weighted by atomic mass is 32.2. The van der Waals surface area contributed by atoms with Crippen LogP contribution >= 0.6 is 11.8 Å². The molecule has 0 unspecified atom stereocenters. The van der Waals surface area contributed by atoms with Gasteiger partial charge in [-0.3, -0.25) is 0 Å². The smallest absolute Gasteiger partial charge is 0.338 e. The Morgan fingerprint density at radius 2 is 1.25 bits per heavy atom. The summed E-state index contributed by atoms with van der Waals surface area (Å²) >= 11 is 1.50. The number of esters is 2. The number of ether oxygens (including phenoxy) is 4. The normalized spacial score (nSPS) is 23.6. The van der Waals surface area contributed by atoms with Crippen LogP contribution in [-0.4, -0.2) is 47.5 Å². The Morgan fingerprint density at radius 1 is 0.750 bits per heavy atom. The fourth-order valence-corrected chi connectivity index (χ4v) is 5.04. The molecule has 0 aliphatic carbocycles. The van der Waals surface area contributed by atoms with Gasteiger partial charge in [0.2, 0.25) is 0 Å². The maximum absolute atomic E-state index is 13.1. The van der Waals surface area contributed by atoms with Gasteiger partial charge >= 0.3 is 11.9 Å². The average Bonchev–Trinajstić information content (AvgIpc) is 2.92. The number of thioether (sulfide) groups is 1. The first-order valence-corrected chi connectivity index (χ1v) is 13.1. The van der Waals surface area contributed by atoms with Gasteiger partial charge in [0.1, 0.15) is 11.5 Å². The van der Waals surface area contributed by atoms with E-state index in [4.69, 9.17) is 18.9 Å². The molecule has 1 saturated heterocycles. The van der Waals surface area contributed by atoms with E-state index in [2.05, 4.69) is 0 Å². The van der Waals surface area contributed by atoms with E-state index in [-0.39, 0.29) is 0 Å². The van der Waals surface area contributed by atoms with Crippen molar-refractivity contribution in [2.75, 3.05) is 5.75 Å². The van der Waals surface area contributed by atoms with Gasteiger partial charge in [-0.1, -0.05) is 73.7 Å². The summed E-state index contributed by atoms with van der Waals surface area (Å²) in [6.07, 6.45) is -2.80. The molecular weight excluding hydrogens is 476 g/mol. The number of carbonyl (C=O) groups excluding carboxylic acids is 2. The molecule has 1 heterocycles. The minimum atomic E-state index is -0.873. The third-order valence-corrected chi connectivity index (χ3v) is 6.89. The van der Waals surface area contributed by atoms with E-state index in [1.807, 2.05) is 56.3 Å². The average molecular weight is 507 g/mol. The molecule has 0 saturated carbocycles. The van der Waals surface area contributed by atoms with Gasteiger partial charge in [0.05, 0.1) is 23.8 Å². The molecule has 0 aromatic heterocycles. The SMILES string of the molecule is CCS[C@@H]1O[C@@H](C)[C@H](OCc2ccccc2)[C@@H](OC(=O)c2ccccc2)[C@H]1OC(=O)c1ccccc1. The number of carbonyl (C=O) groups is 2. The van der Waals surface area contributed by atoms with Crippen molar-refractivity contribution < 1.29 is 28.5 Å². The van der Waals surface area contributed by atoms with Crippen LogP contribution in [0.1, 0.15) is 40.1 Å². The fourth-order valence-electron chi connectivity index (χ4n) is 4.06. The van der Waals surface area contributed by atoms with Crippen molar-refractivity contribution in [3.8, 4) is 0 Å². The maximum Gasteiger partial charge on any atom is 0.338 e. The highest BCUT2D eigenvalue weighted by molar-refractivity contribution is 7.99. The van der Waals surface area contributed by atoms with Gasteiger partial charge in [0, 0.05) is 0 Å². The van der Waals surface area contributed by atoms with E-state index >= 15 is 0 Å². The van der Waals surface area contributed by atoms with E-state index in [1.54, 1.807) is 48.5 Å². The van der Waals surface area contributed by atoms with Crippen LogP contribution in [0.2, 0.25) is 0 Å². The summed E-state index contributed by atoms with van der Waals surface area (Å²) in [6.45, 7) is 4.18. The van der Waals surface area contributed by atoms with E-state index in [0.29, 0.717) is 17.7 Å². The maximum atomic E-state index is 13.1. The van der Waals surface area contributed by atoms with Gasteiger partial charge in [0.25, 0.3) is 0 Å². The summed E-state index contributed by atoms with van der Waals surface area (Å²) in [5.41, 5.74) is 1.26. The van der Waals surface area contributed by atoms with Gasteiger partial charge in [-0.2, -0.15) is 0 Å². The predicted octanol–water partition coefficient (Wildman–Crippen LogP) is 5.52. The predicted molar refractivity (Wildman–Crippen MR) is 139 cm³/mol. The van der Waals surface area contributed by atoms with Crippen molar-refractivity contribution >= 4 is 23.7 Å². The van der Waals surface area contributed by atoms with Crippen molar-refractivity contribution in [3.05, 3.63) is 108 Å². The Labute approximate surface area is 215 Å². The topological polar surface area (TPSA) is 71.1 Å². The molecule has 7 heteroatoms. The molecule has 5 atom stereocenters. The zero-order chi connectivity index (χ0) is 25.3. The number of rotatable bonds is 9. The van der Waals surface area contributed by atoms with E-state index in [1.165, 1.54) is 11.8 Å². The molecule has 0 amide bonds. The molecule has 36 heavy (non-hydrogen) atoms. The number of benzene rings is 3. The highest BCUT2D eigenvalue weighted by Crippen LogP contribution is 2.35. The monoisotopic (exact) mass is 506 g/mol. The Balaban J connectivity index is 1.63. The summed E-state index contributed by atoms with van der Waals surface area (Å²) in [6, 6.07) is 27.2. The zero-order valence-electron chi connectivity index (χ0n) is 20.3. The molecule has 0 bridgehead atoms. The molecule has 6 nitrogen and oxygen atoms in total. The molecule has 188 valence electrons. The first-order chi connectivity index (χ1) is 17.6. The lowest BCUT2D eigenvalue weighted by molar-refractivity contribution is -0.212. The summed E-state index contributed by atoms with van der Waals surface area (Å²) < 4.78 is 24.6. The molecule has 3 aromatic rings. The third kappa shape index (κ3) is 6.55. The first-order valence-electron chi connectivity index (χ1n) is 12.0. The van der Waals surface area contributed by atoms with Crippen molar-refractivity contribution in [2.45, 2.75) is 50.3 Å². The quantitative estimate of drug-likeness (QED) is 0.354. The lowest BCUT2D eigenvalue weighted by Gasteiger charge is -2.44. The highest BCUT2D eigenvalue weighted by Gasteiger charge is 2.49. The standard InChI is InChI=1S/C29H30O6S/c1-3-36-29-26(35-28(31)23-17-11-6-12-18-23)25(34-27(30)22-15-9-5-10-16-22)24(20(2)33-29)32-19-21-13-7-4-8-14-21/h4-18,20,24-26,29H,3,19H2,1-2H3/t20-,24-,25+,26+,29-/m0/s1. The van der Waals surface area contributed by atoms with Crippen LogP contribution in [0.5, 0.6) is 0 Å². The number of hydrogen-bond donors (Lipinski definition) is 0. The molecule has 0 radical (unpaired) electrons. The minimum Gasteiger partial charge on any atom is -0.452 e. The van der Waals surface area contributed by atoms with Crippen molar-refractivity contribution in [3.63, 3.8) is 0 Å². The Kier molecular flexibility index (Phi) is 9.17. The molecule has 1 aliphatic heterocycles. The second-order valence-corrected chi connectivity index (χ2v) is 9.77. The van der Waals surface area contributed by atoms with Gasteiger partial charge in [0.15, 0.2) is 12.2 Å².